The molecule has 2 heteroatoms. The molecule has 0 aliphatic heterocycles. The summed E-state index contributed by atoms with van der Waals surface area (Å²) in [5.74, 6) is 0. The highest BCUT2D eigenvalue weighted by atomic mass is 35.5. The molecule has 0 aromatic heterocycles. The van der Waals surface area contributed by atoms with E-state index >= 15 is 0 Å². The SMILES string of the molecule is [Cl-].[NH3+]C1CCCc2ccccc21. The summed E-state index contributed by atoms with van der Waals surface area (Å²) in [7, 11) is 0. The van der Waals surface area contributed by atoms with Crippen LogP contribution in [0.1, 0.15) is 30.0 Å². The molecule has 1 aliphatic carbocycles. The molecule has 0 saturated carbocycles. The molecule has 0 amide bonds. The molecule has 1 aromatic carbocycles. The van der Waals surface area contributed by atoms with Crippen LogP contribution in [0.2, 0.25) is 0 Å². The lowest BCUT2D eigenvalue weighted by Gasteiger charge is -2.18. The predicted octanol–water partition coefficient (Wildman–Crippen LogP) is -1.69. The topological polar surface area (TPSA) is 27.6 Å². The Morgan fingerprint density at radius 1 is 1.25 bits per heavy atom. The zero-order chi connectivity index (χ0) is 7.68. The molecule has 12 heavy (non-hydrogen) atoms. The minimum Gasteiger partial charge on any atom is -1.00 e. The van der Waals surface area contributed by atoms with E-state index in [0.29, 0.717) is 6.04 Å². The highest BCUT2D eigenvalue weighted by molar-refractivity contribution is 5.30. The second-order valence-electron chi connectivity index (χ2n) is 3.29. The van der Waals surface area contributed by atoms with Gasteiger partial charge in [-0.25, -0.2) is 0 Å². The monoisotopic (exact) mass is 183 g/mol. The number of hydrogen-bond acceptors (Lipinski definition) is 0. The van der Waals surface area contributed by atoms with Crippen LogP contribution < -0.4 is 18.1 Å². The molecule has 0 heterocycles. The van der Waals surface area contributed by atoms with E-state index in [1.54, 1.807) is 0 Å². The first-order valence-corrected chi connectivity index (χ1v) is 4.29. The van der Waals surface area contributed by atoms with Crippen LogP contribution in [0, 0.1) is 0 Å². The number of fused-ring (bicyclic) bond motifs is 1. The highest BCUT2D eigenvalue weighted by Gasteiger charge is 2.17. The van der Waals surface area contributed by atoms with Crippen LogP contribution in [-0.2, 0) is 6.42 Å². The molecule has 0 fully saturated rings. The lowest BCUT2D eigenvalue weighted by Crippen LogP contribution is -3.00. The molecule has 0 bridgehead atoms. The number of aryl methyl sites for hydroxylation is 1. The molecule has 1 aliphatic rings. The van der Waals surface area contributed by atoms with Crippen molar-refractivity contribution in [3.8, 4) is 0 Å². The first kappa shape index (κ1) is 9.56. The lowest BCUT2D eigenvalue weighted by atomic mass is 9.88. The Kier molecular flexibility index (Phi) is 3.12. The number of rotatable bonds is 0. The van der Waals surface area contributed by atoms with E-state index in [0.717, 1.165) is 0 Å². The standard InChI is InChI=1S/C10H13N.ClH/c11-10-7-3-5-8-4-1-2-6-9(8)10;/h1-2,4,6,10H,3,5,7,11H2;1H. The van der Waals surface area contributed by atoms with Crippen LogP contribution in [0.4, 0.5) is 0 Å². The van der Waals surface area contributed by atoms with Crippen molar-refractivity contribution in [3.05, 3.63) is 35.4 Å². The average molecular weight is 184 g/mol. The summed E-state index contributed by atoms with van der Waals surface area (Å²) in [5.41, 5.74) is 7.12. The van der Waals surface area contributed by atoms with Gasteiger partial charge in [0.15, 0.2) is 0 Å². The van der Waals surface area contributed by atoms with Crippen LogP contribution in [0.5, 0.6) is 0 Å². The second kappa shape index (κ2) is 3.92. The normalized spacial score (nSPS) is 20.9. The zero-order valence-electron chi connectivity index (χ0n) is 7.09. The molecule has 2 rings (SSSR count). The average Bonchev–Trinajstić information content (AvgIpc) is 2.06. The van der Waals surface area contributed by atoms with E-state index in [2.05, 4.69) is 30.0 Å². The van der Waals surface area contributed by atoms with E-state index in [9.17, 15) is 0 Å². The molecule has 1 unspecified atom stereocenters. The van der Waals surface area contributed by atoms with Gasteiger partial charge in [-0.05, 0) is 18.4 Å². The van der Waals surface area contributed by atoms with Gasteiger partial charge in [-0.3, -0.25) is 0 Å². The minimum atomic E-state index is 0. The fourth-order valence-electron chi connectivity index (χ4n) is 1.85. The Balaban J connectivity index is 0.000000720. The van der Waals surface area contributed by atoms with Gasteiger partial charge in [0.05, 0.1) is 0 Å². The molecule has 0 spiro atoms. The lowest BCUT2D eigenvalue weighted by molar-refractivity contribution is -0.429. The Labute approximate surface area is 79.4 Å². The van der Waals surface area contributed by atoms with Crippen molar-refractivity contribution in [2.75, 3.05) is 0 Å². The highest BCUT2D eigenvalue weighted by Crippen LogP contribution is 2.25. The van der Waals surface area contributed by atoms with Crippen LogP contribution in [0.25, 0.3) is 0 Å². The largest absolute Gasteiger partial charge is 1.00 e. The van der Waals surface area contributed by atoms with Gasteiger partial charge in [-0.1, -0.05) is 24.3 Å². The van der Waals surface area contributed by atoms with Crippen molar-refractivity contribution < 1.29 is 18.1 Å². The van der Waals surface area contributed by atoms with E-state index in [1.165, 1.54) is 30.4 Å². The maximum atomic E-state index is 4.14. The summed E-state index contributed by atoms with van der Waals surface area (Å²) >= 11 is 0. The van der Waals surface area contributed by atoms with Crippen molar-refractivity contribution in [2.45, 2.75) is 25.3 Å². The van der Waals surface area contributed by atoms with Crippen molar-refractivity contribution >= 4 is 0 Å². The summed E-state index contributed by atoms with van der Waals surface area (Å²) in [6.45, 7) is 0. The second-order valence-corrected chi connectivity index (χ2v) is 3.29. The van der Waals surface area contributed by atoms with Gasteiger partial charge in [0.25, 0.3) is 0 Å². The summed E-state index contributed by atoms with van der Waals surface area (Å²) < 4.78 is 0. The summed E-state index contributed by atoms with van der Waals surface area (Å²) in [5, 5.41) is 0. The number of halogens is 1. The molecule has 3 N–H and O–H groups in total. The van der Waals surface area contributed by atoms with E-state index in [-0.39, 0.29) is 12.4 Å². The van der Waals surface area contributed by atoms with Gasteiger partial charge in [-0.15, -0.1) is 0 Å². The Bertz CT molecular complexity index is 260. The summed E-state index contributed by atoms with van der Waals surface area (Å²) in [4.78, 5) is 0. The fourth-order valence-corrected chi connectivity index (χ4v) is 1.85. The van der Waals surface area contributed by atoms with Gasteiger partial charge in [0, 0.05) is 12.0 Å². The predicted molar refractivity (Wildman–Crippen MR) is 45.0 cm³/mol. The molecule has 1 atom stereocenters. The Morgan fingerprint density at radius 3 is 2.75 bits per heavy atom. The first-order valence-electron chi connectivity index (χ1n) is 4.29. The van der Waals surface area contributed by atoms with E-state index in [4.69, 9.17) is 0 Å². The van der Waals surface area contributed by atoms with Crippen molar-refractivity contribution in [1.82, 2.24) is 0 Å². The third-order valence-corrected chi connectivity index (χ3v) is 2.49. The Hall–Kier alpha value is -0.530. The molecule has 1 nitrogen and oxygen atoms in total. The van der Waals surface area contributed by atoms with E-state index < -0.39 is 0 Å². The van der Waals surface area contributed by atoms with E-state index in [1.807, 2.05) is 0 Å². The third-order valence-electron chi connectivity index (χ3n) is 2.49. The maximum absolute atomic E-state index is 4.14. The number of hydrogen-bond donors (Lipinski definition) is 1. The first-order chi connectivity index (χ1) is 5.38. The Morgan fingerprint density at radius 2 is 2.00 bits per heavy atom. The van der Waals surface area contributed by atoms with Gasteiger partial charge >= 0.3 is 0 Å². The molecule has 0 radical (unpaired) electrons. The van der Waals surface area contributed by atoms with Gasteiger partial charge in [0.2, 0.25) is 0 Å². The molecular formula is C10H14ClN. The third kappa shape index (κ3) is 1.62. The summed E-state index contributed by atoms with van der Waals surface area (Å²) in [6.07, 6.45) is 3.82. The van der Waals surface area contributed by atoms with Gasteiger partial charge in [-0.2, -0.15) is 0 Å². The van der Waals surface area contributed by atoms with Crippen LogP contribution in [0.15, 0.2) is 24.3 Å². The van der Waals surface area contributed by atoms with Gasteiger partial charge < -0.3 is 18.1 Å². The molecule has 1 aromatic rings. The van der Waals surface area contributed by atoms with Crippen LogP contribution in [-0.4, -0.2) is 0 Å². The molecule has 0 saturated heterocycles. The quantitative estimate of drug-likeness (QED) is 0.497. The molecule has 66 valence electrons. The number of benzene rings is 1. The molecular weight excluding hydrogens is 170 g/mol. The van der Waals surface area contributed by atoms with Gasteiger partial charge in [0.1, 0.15) is 6.04 Å². The van der Waals surface area contributed by atoms with Crippen molar-refractivity contribution in [3.63, 3.8) is 0 Å². The summed E-state index contributed by atoms with van der Waals surface area (Å²) in [6, 6.07) is 9.22. The fraction of sp³-hybridized carbons (Fsp3) is 0.400. The maximum Gasteiger partial charge on any atom is 0.110 e. The van der Waals surface area contributed by atoms with Crippen molar-refractivity contribution in [1.29, 1.82) is 0 Å². The smallest absolute Gasteiger partial charge is 0.110 e. The van der Waals surface area contributed by atoms with Crippen LogP contribution in [0.3, 0.4) is 0 Å². The van der Waals surface area contributed by atoms with Crippen molar-refractivity contribution in [2.24, 2.45) is 0 Å². The number of quaternary nitrogens is 1. The minimum absolute atomic E-state index is 0. The van der Waals surface area contributed by atoms with Crippen LogP contribution >= 0.6 is 0 Å². The zero-order valence-corrected chi connectivity index (χ0v) is 7.85.